The molecule has 1 aliphatic heterocycles. The molecule has 0 fully saturated rings. The molecule has 1 aromatic heterocycles. The lowest BCUT2D eigenvalue weighted by Gasteiger charge is -2.28. The number of rotatable bonds is 3. The Balaban J connectivity index is 1.59. The molecule has 3 nitrogen and oxygen atoms in total. The van der Waals surface area contributed by atoms with Gasteiger partial charge in [0.1, 0.15) is 11.9 Å². The van der Waals surface area contributed by atoms with Crippen LogP contribution in [0.4, 0.5) is 4.39 Å². The van der Waals surface area contributed by atoms with Crippen molar-refractivity contribution in [1.29, 1.82) is 0 Å². The van der Waals surface area contributed by atoms with Crippen molar-refractivity contribution in [3.05, 3.63) is 58.6 Å². The number of hydrogen-bond acceptors (Lipinski definition) is 4. The third kappa shape index (κ3) is 3.14. The van der Waals surface area contributed by atoms with Crippen LogP contribution in [0.25, 0.3) is 10.2 Å². The van der Waals surface area contributed by atoms with E-state index in [1.165, 1.54) is 10.3 Å². The van der Waals surface area contributed by atoms with E-state index in [0.717, 1.165) is 35.4 Å². The molecule has 0 saturated heterocycles. The molecule has 1 aliphatic rings. The van der Waals surface area contributed by atoms with Gasteiger partial charge in [0.2, 0.25) is 0 Å². The van der Waals surface area contributed by atoms with Gasteiger partial charge in [-0.05, 0) is 54.3 Å². The number of hydrogen-bond donors (Lipinski definition) is 0. The van der Waals surface area contributed by atoms with Crippen molar-refractivity contribution in [2.24, 2.45) is 0 Å². The van der Waals surface area contributed by atoms with Crippen LogP contribution in [-0.2, 0) is 6.42 Å². The summed E-state index contributed by atoms with van der Waals surface area (Å²) in [4.78, 5) is 6.63. The molecule has 25 heavy (non-hydrogen) atoms. The summed E-state index contributed by atoms with van der Waals surface area (Å²) in [5, 5.41) is 0. The molecule has 0 N–H and O–H groups in total. The van der Waals surface area contributed by atoms with E-state index in [1.807, 2.05) is 23.7 Å². The fraction of sp³-hybridized carbons (Fsp3) is 0.350. The quantitative estimate of drug-likeness (QED) is 0.665. The Labute approximate surface area is 151 Å². The summed E-state index contributed by atoms with van der Waals surface area (Å²) in [6, 6.07) is 12.2. The lowest BCUT2D eigenvalue weighted by atomic mass is 10.0. The molecule has 1 unspecified atom stereocenters. The number of halogens is 1. The number of benzene rings is 2. The highest BCUT2D eigenvalue weighted by Crippen LogP contribution is 2.33. The number of ether oxygens (including phenoxy) is 1. The normalized spacial score (nSPS) is 19.4. The molecule has 2 aromatic carbocycles. The third-order valence-corrected chi connectivity index (χ3v) is 5.95. The van der Waals surface area contributed by atoms with Crippen molar-refractivity contribution < 1.29 is 9.13 Å². The summed E-state index contributed by atoms with van der Waals surface area (Å²) >= 11 is 1.65. The third-order valence-electron chi connectivity index (χ3n) is 5.14. The van der Waals surface area contributed by atoms with E-state index >= 15 is 0 Å². The molecule has 0 bridgehead atoms. The lowest BCUT2D eigenvalue weighted by Crippen LogP contribution is -2.30. The van der Waals surface area contributed by atoms with Gasteiger partial charge in [0, 0.05) is 19.1 Å². The summed E-state index contributed by atoms with van der Waals surface area (Å²) < 4.78 is 21.4. The second-order valence-corrected chi connectivity index (χ2v) is 7.42. The summed E-state index contributed by atoms with van der Waals surface area (Å²) in [6.45, 7) is 3.39. The van der Waals surface area contributed by atoms with E-state index in [-0.39, 0.29) is 6.04 Å². The largest absolute Gasteiger partial charge is 0.497 e. The number of methoxy groups -OCH3 is 1. The van der Waals surface area contributed by atoms with Gasteiger partial charge in [-0.3, -0.25) is 4.90 Å². The SMILES string of the molecule is COc1ccc2c(c1)CCN(C(C)c1ccc3scnc3c1)C[C@@H]2F. The van der Waals surface area contributed by atoms with Gasteiger partial charge in [0.05, 0.1) is 22.8 Å². The molecule has 0 saturated carbocycles. The molecule has 0 aliphatic carbocycles. The van der Waals surface area contributed by atoms with Gasteiger partial charge in [0.25, 0.3) is 0 Å². The molecule has 2 atom stereocenters. The maximum absolute atomic E-state index is 14.9. The topological polar surface area (TPSA) is 25.4 Å². The monoisotopic (exact) mass is 356 g/mol. The van der Waals surface area contributed by atoms with Crippen molar-refractivity contribution in [3.8, 4) is 5.75 Å². The van der Waals surface area contributed by atoms with Crippen LogP contribution >= 0.6 is 11.3 Å². The van der Waals surface area contributed by atoms with Gasteiger partial charge in [0.15, 0.2) is 0 Å². The second-order valence-electron chi connectivity index (χ2n) is 6.53. The first-order chi connectivity index (χ1) is 12.2. The van der Waals surface area contributed by atoms with Crippen LogP contribution in [0.15, 0.2) is 41.9 Å². The molecule has 130 valence electrons. The van der Waals surface area contributed by atoms with Gasteiger partial charge < -0.3 is 4.74 Å². The number of fused-ring (bicyclic) bond motifs is 2. The Morgan fingerprint density at radius 1 is 1.28 bits per heavy atom. The van der Waals surface area contributed by atoms with E-state index in [1.54, 1.807) is 18.4 Å². The zero-order valence-electron chi connectivity index (χ0n) is 14.4. The van der Waals surface area contributed by atoms with Crippen LogP contribution in [0.1, 0.15) is 35.8 Å². The van der Waals surface area contributed by atoms with Gasteiger partial charge >= 0.3 is 0 Å². The minimum Gasteiger partial charge on any atom is -0.497 e. The first-order valence-electron chi connectivity index (χ1n) is 8.54. The maximum Gasteiger partial charge on any atom is 0.138 e. The van der Waals surface area contributed by atoms with E-state index in [9.17, 15) is 4.39 Å². The van der Waals surface area contributed by atoms with Gasteiger partial charge in [-0.2, -0.15) is 0 Å². The van der Waals surface area contributed by atoms with Crippen LogP contribution < -0.4 is 4.74 Å². The predicted molar refractivity (Wildman–Crippen MR) is 100 cm³/mol. The van der Waals surface area contributed by atoms with Crippen molar-refractivity contribution in [3.63, 3.8) is 0 Å². The second kappa shape index (κ2) is 6.73. The molecular weight excluding hydrogens is 335 g/mol. The standard InChI is InChI=1S/C20H21FN2OS/c1-13(14-3-6-20-19(10-14)22-12-25-20)23-8-7-15-9-16(24-2)4-5-17(15)18(21)11-23/h3-6,9-10,12-13,18H,7-8,11H2,1-2H3/t13?,18-/m0/s1. The summed E-state index contributed by atoms with van der Waals surface area (Å²) in [5.74, 6) is 0.793. The predicted octanol–water partition coefficient (Wildman–Crippen LogP) is 4.93. The Morgan fingerprint density at radius 3 is 3.00 bits per heavy atom. The first-order valence-corrected chi connectivity index (χ1v) is 9.42. The van der Waals surface area contributed by atoms with Gasteiger partial charge in [-0.25, -0.2) is 9.37 Å². The fourth-order valence-electron chi connectivity index (χ4n) is 3.59. The number of nitrogens with zero attached hydrogens (tertiary/aromatic N) is 2. The molecule has 2 heterocycles. The summed E-state index contributed by atoms with van der Waals surface area (Å²) in [6.07, 6.45) is -0.148. The van der Waals surface area contributed by atoms with Gasteiger partial charge in [-0.1, -0.05) is 12.1 Å². The zero-order valence-corrected chi connectivity index (χ0v) is 15.2. The van der Waals surface area contributed by atoms with Crippen molar-refractivity contribution in [2.45, 2.75) is 25.6 Å². The minimum absolute atomic E-state index is 0.153. The minimum atomic E-state index is -0.978. The first kappa shape index (κ1) is 16.5. The van der Waals surface area contributed by atoms with Crippen molar-refractivity contribution >= 4 is 21.6 Å². The summed E-state index contributed by atoms with van der Waals surface area (Å²) in [5.41, 5.74) is 5.93. The Hall–Kier alpha value is -1.98. The van der Waals surface area contributed by atoms with Crippen molar-refractivity contribution in [1.82, 2.24) is 9.88 Å². The zero-order chi connectivity index (χ0) is 17.4. The molecule has 0 spiro atoms. The highest BCUT2D eigenvalue weighted by Gasteiger charge is 2.26. The van der Waals surface area contributed by atoms with Crippen molar-refractivity contribution in [2.75, 3.05) is 20.2 Å². The maximum atomic E-state index is 14.9. The number of thiazole rings is 1. The highest BCUT2D eigenvalue weighted by atomic mass is 32.1. The molecule has 0 radical (unpaired) electrons. The number of aromatic nitrogens is 1. The van der Waals surface area contributed by atoms with E-state index in [4.69, 9.17) is 4.74 Å². The Kier molecular flexibility index (Phi) is 4.44. The molecule has 5 heteroatoms. The summed E-state index contributed by atoms with van der Waals surface area (Å²) in [7, 11) is 1.65. The average molecular weight is 356 g/mol. The van der Waals surface area contributed by atoms with E-state index < -0.39 is 6.17 Å². The lowest BCUT2D eigenvalue weighted by molar-refractivity contribution is 0.161. The Bertz CT molecular complexity index is 894. The fourth-order valence-corrected chi connectivity index (χ4v) is 4.25. The molecule has 0 amide bonds. The smallest absolute Gasteiger partial charge is 0.138 e. The molecule has 4 rings (SSSR count). The van der Waals surface area contributed by atoms with Crippen LogP contribution in [0.5, 0.6) is 5.75 Å². The number of alkyl halides is 1. The van der Waals surface area contributed by atoms with Crippen LogP contribution in [-0.4, -0.2) is 30.1 Å². The molecule has 3 aromatic rings. The van der Waals surface area contributed by atoms with Crippen LogP contribution in [0.2, 0.25) is 0 Å². The van der Waals surface area contributed by atoms with E-state index in [0.29, 0.717) is 6.54 Å². The van der Waals surface area contributed by atoms with Gasteiger partial charge in [-0.15, -0.1) is 11.3 Å². The molecular formula is C20H21FN2OS. The van der Waals surface area contributed by atoms with Crippen LogP contribution in [0.3, 0.4) is 0 Å². The Morgan fingerprint density at radius 2 is 2.16 bits per heavy atom. The highest BCUT2D eigenvalue weighted by molar-refractivity contribution is 7.16. The van der Waals surface area contributed by atoms with E-state index in [2.05, 4.69) is 35.0 Å². The average Bonchev–Trinajstić information content (AvgIpc) is 3.05. The van der Waals surface area contributed by atoms with Crippen LogP contribution in [0, 0.1) is 0 Å².